The molecule has 1 aromatic heterocycles. The molecular formula is C33H46F2N4O4. The SMILES string of the molecule is COc1c([C@@H](C(=O)O)N2CC[C@@H](N(C)CCCCCc3ccc4c(n3)NCCC4)C2)cc(C2(C)CCOCC2)c(F)c1F. The van der Waals surface area contributed by atoms with E-state index in [-0.39, 0.29) is 22.9 Å². The molecule has 3 aliphatic rings. The number of ether oxygens (including phenoxy) is 2. The molecule has 10 heteroatoms. The van der Waals surface area contributed by atoms with E-state index in [9.17, 15) is 9.90 Å². The smallest absolute Gasteiger partial charge is 0.325 e. The number of nitrogens with one attached hydrogen (secondary N) is 1. The number of rotatable bonds is 12. The Morgan fingerprint density at radius 1 is 1.26 bits per heavy atom. The molecule has 1 aromatic carbocycles. The van der Waals surface area contributed by atoms with Gasteiger partial charge in [0.25, 0.3) is 0 Å². The van der Waals surface area contributed by atoms with Gasteiger partial charge in [0.2, 0.25) is 5.82 Å². The maximum absolute atomic E-state index is 15.4. The summed E-state index contributed by atoms with van der Waals surface area (Å²) in [6.07, 6.45) is 8.28. The van der Waals surface area contributed by atoms with E-state index in [1.54, 1.807) is 0 Å². The lowest BCUT2D eigenvalue weighted by Crippen LogP contribution is -2.38. The Kier molecular flexibility index (Phi) is 10.2. The van der Waals surface area contributed by atoms with Crippen LogP contribution in [-0.4, -0.2) is 85.5 Å². The number of hydrogen-bond donors (Lipinski definition) is 2. The van der Waals surface area contributed by atoms with Crippen molar-refractivity contribution in [3.63, 3.8) is 0 Å². The summed E-state index contributed by atoms with van der Waals surface area (Å²) in [5.41, 5.74) is 2.17. The topological polar surface area (TPSA) is 87.2 Å². The zero-order chi connectivity index (χ0) is 30.6. The van der Waals surface area contributed by atoms with Gasteiger partial charge in [-0.05, 0) is 93.6 Å². The number of aryl methyl sites for hydroxylation is 2. The third-order valence-electron chi connectivity index (χ3n) is 9.75. The minimum atomic E-state index is -1.13. The van der Waals surface area contributed by atoms with E-state index in [0.29, 0.717) is 39.1 Å². The number of pyridine rings is 1. The monoisotopic (exact) mass is 600 g/mol. The van der Waals surface area contributed by atoms with Crippen LogP contribution in [0.1, 0.15) is 80.3 Å². The number of unbranched alkanes of at least 4 members (excludes halogenated alkanes) is 2. The average Bonchev–Trinajstić information content (AvgIpc) is 3.48. The highest BCUT2D eigenvalue weighted by molar-refractivity contribution is 5.77. The lowest BCUT2D eigenvalue weighted by Gasteiger charge is -2.36. The van der Waals surface area contributed by atoms with Gasteiger partial charge in [0.05, 0.1) is 7.11 Å². The van der Waals surface area contributed by atoms with Crippen molar-refractivity contribution in [2.24, 2.45) is 0 Å². The number of hydrogen-bond acceptors (Lipinski definition) is 7. The molecule has 0 aliphatic carbocycles. The summed E-state index contributed by atoms with van der Waals surface area (Å²) in [6, 6.07) is 4.93. The Morgan fingerprint density at radius 2 is 2.05 bits per heavy atom. The second-order valence-electron chi connectivity index (χ2n) is 12.7. The molecule has 0 saturated carbocycles. The highest BCUT2D eigenvalue weighted by Crippen LogP contribution is 2.43. The standard InChI is InChI=1S/C33H46F2N4O4/c1-33(13-18-43-19-14-33)26-20-25(30(42-3)28(35)27(26)34)29(32(40)41)39-17-12-24(21-39)38(2)16-6-4-5-9-23-11-10-22-8-7-15-36-31(22)37-23/h10-11,20,24,29H,4-9,12-19,21H2,1-3H3,(H,36,37)(H,40,41)/t24-,29+/m1/s1. The van der Waals surface area contributed by atoms with Crippen molar-refractivity contribution in [1.82, 2.24) is 14.8 Å². The summed E-state index contributed by atoms with van der Waals surface area (Å²) >= 11 is 0. The lowest BCUT2D eigenvalue weighted by molar-refractivity contribution is -0.143. The Balaban J connectivity index is 1.20. The minimum absolute atomic E-state index is 0.172. The van der Waals surface area contributed by atoms with Crippen molar-refractivity contribution in [1.29, 1.82) is 0 Å². The van der Waals surface area contributed by atoms with Gasteiger partial charge in [-0.2, -0.15) is 4.39 Å². The molecule has 4 heterocycles. The minimum Gasteiger partial charge on any atom is -0.493 e. The van der Waals surface area contributed by atoms with Crippen LogP contribution in [-0.2, 0) is 27.8 Å². The van der Waals surface area contributed by atoms with Gasteiger partial charge in [0, 0.05) is 50.1 Å². The van der Waals surface area contributed by atoms with Crippen molar-refractivity contribution in [3.8, 4) is 5.75 Å². The number of carboxylic acid groups (broad SMARTS) is 1. The highest BCUT2D eigenvalue weighted by Gasteiger charge is 2.41. The number of aromatic nitrogens is 1. The quantitative estimate of drug-likeness (QED) is 0.316. The molecule has 8 nitrogen and oxygen atoms in total. The Labute approximate surface area is 253 Å². The summed E-state index contributed by atoms with van der Waals surface area (Å²) in [4.78, 5) is 21.6. The van der Waals surface area contributed by atoms with Gasteiger partial charge >= 0.3 is 5.97 Å². The van der Waals surface area contributed by atoms with Gasteiger partial charge in [0.1, 0.15) is 11.9 Å². The van der Waals surface area contributed by atoms with Crippen LogP contribution in [0.5, 0.6) is 5.75 Å². The summed E-state index contributed by atoms with van der Waals surface area (Å²) in [5, 5.41) is 13.8. The normalized spacial score (nSPS) is 20.9. The van der Waals surface area contributed by atoms with Crippen LogP contribution in [0.4, 0.5) is 14.6 Å². The molecule has 0 unspecified atom stereocenters. The molecule has 5 rings (SSSR count). The number of fused-ring (bicyclic) bond motifs is 1. The molecule has 0 spiro atoms. The fourth-order valence-corrected chi connectivity index (χ4v) is 6.95. The molecule has 3 aliphatic heterocycles. The van der Waals surface area contributed by atoms with Crippen molar-refractivity contribution < 1.29 is 28.2 Å². The van der Waals surface area contributed by atoms with E-state index in [1.807, 2.05) is 11.8 Å². The molecule has 2 aromatic rings. The molecule has 2 saturated heterocycles. The van der Waals surface area contributed by atoms with Crippen LogP contribution in [0.15, 0.2) is 18.2 Å². The first kappa shape index (κ1) is 31.6. The third-order valence-corrected chi connectivity index (χ3v) is 9.75. The first-order valence-corrected chi connectivity index (χ1v) is 15.8. The second kappa shape index (κ2) is 13.9. The van der Waals surface area contributed by atoms with Crippen LogP contribution in [0.3, 0.4) is 0 Å². The number of nitrogens with zero attached hydrogens (tertiary/aromatic N) is 3. The van der Waals surface area contributed by atoms with E-state index in [2.05, 4.69) is 29.4 Å². The van der Waals surface area contributed by atoms with Crippen LogP contribution in [0, 0.1) is 11.6 Å². The number of likely N-dealkylation sites (tertiary alicyclic amines) is 1. The number of carbonyl (C=O) groups is 1. The van der Waals surface area contributed by atoms with Gasteiger partial charge in [-0.25, -0.2) is 9.37 Å². The Hall–Kier alpha value is -2.82. The van der Waals surface area contributed by atoms with Crippen molar-refractivity contribution >= 4 is 11.8 Å². The first-order valence-electron chi connectivity index (χ1n) is 15.8. The second-order valence-corrected chi connectivity index (χ2v) is 12.7. The number of benzene rings is 1. The summed E-state index contributed by atoms with van der Waals surface area (Å²) in [5.74, 6) is -2.47. The van der Waals surface area contributed by atoms with E-state index >= 15 is 8.78 Å². The van der Waals surface area contributed by atoms with E-state index in [1.165, 1.54) is 18.7 Å². The summed E-state index contributed by atoms with van der Waals surface area (Å²) in [7, 11) is 3.35. The van der Waals surface area contributed by atoms with Crippen molar-refractivity contribution in [2.45, 2.75) is 82.2 Å². The van der Waals surface area contributed by atoms with Gasteiger partial charge < -0.3 is 24.8 Å². The zero-order valence-corrected chi connectivity index (χ0v) is 25.8. The lowest BCUT2D eigenvalue weighted by atomic mass is 9.75. The number of aliphatic carboxylic acids is 1. The molecule has 0 radical (unpaired) electrons. The molecule has 2 fully saturated rings. The fourth-order valence-electron chi connectivity index (χ4n) is 6.95. The van der Waals surface area contributed by atoms with Gasteiger partial charge in [-0.15, -0.1) is 0 Å². The largest absolute Gasteiger partial charge is 0.493 e. The van der Waals surface area contributed by atoms with Gasteiger partial charge in [0.15, 0.2) is 11.6 Å². The number of likely N-dealkylation sites (N-methyl/N-ethyl adjacent to an activating group) is 1. The number of carboxylic acids is 1. The van der Waals surface area contributed by atoms with Crippen LogP contribution in [0.2, 0.25) is 0 Å². The molecule has 2 atom stereocenters. The van der Waals surface area contributed by atoms with Crippen LogP contribution >= 0.6 is 0 Å². The van der Waals surface area contributed by atoms with E-state index < -0.39 is 29.1 Å². The van der Waals surface area contributed by atoms with E-state index in [4.69, 9.17) is 14.5 Å². The first-order chi connectivity index (χ1) is 20.7. The van der Waals surface area contributed by atoms with Crippen LogP contribution in [0.25, 0.3) is 0 Å². The van der Waals surface area contributed by atoms with Crippen molar-refractivity contribution in [2.75, 3.05) is 58.9 Å². The Morgan fingerprint density at radius 3 is 2.79 bits per heavy atom. The molecule has 2 N–H and O–H groups in total. The van der Waals surface area contributed by atoms with Crippen LogP contribution < -0.4 is 10.1 Å². The average molecular weight is 601 g/mol. The summed E-state index contributed by atoms with van der Waals surface area (Å²) < 4.78 is 41.5. The van der Waals surface area contributed by atoms with Gasteiger partial charge in [-0.3, -0.25) is 9.69 Å². The molecular weight excluding hydrogens is 554 g/mol. The predicted octanol–water partition coefficient (Wildman–Crippen LogP) is 5.34. The molecule has 236 valence electrons. The van der Waals surface area contributed by atoms with E-state index in [0.717, 1.165) is 69.5 Å². The molecule has 43 heavy (non-hydrogen) atoms. The highest BCUT2D eigenvalue weighted by atomic mass is 19.2. The zero-order valence-electron chi connectivity index (χ0n) is 25.8. The maximum Gasteiger partial charge on any atom is 0.325 e. The number of halogens is 2. The predicted molar refractivity (Wildman–Crippen MR) is 162 cm³/mol. The number of anilines is 1. The van der Waals surface area contributed by atoms with Gasteiger partial charge in [-0.1, -0.05) is 19.4 Å². The summed E-state index contributed by atoms with van der Waals surface area (Å²) in [6.45, 7) is 5.77. The Bertz CT molecular complexity index is 1290. The fraction of sp³-hybridized carbons (Fsp3) is 0.636. The number of methoxy groups -OCH3 is 1. The molecule has 0 amide bonds. The third kappa shape index (κ3) is 6.97. The van der Waals surface area contributed by atoms with Crippen molar-refractivity contribution in [3.05, 3.63) is 52.2 Å². The maximum atomic E-state index is 15.4. The molecule has 0 bridgehead atoms.